The van der Waals surface area contributed by atoms with Crippen molar-refractivity contribution in [2.75, 3.05) is 27.9 Å². The van der Waals surface area contributed by atoms with Crippen LogP contribution in [-0.2, 0) is 18.9 Å². The van der Waals surface area contributed by atoms with Crippen LogP contribution in [0.5, 0.6) is 0 Å². The van der Waals surface area contributed by atoms with Crippen molar-refractivity contribution in [3.05, 3.63) is 36.6 Å². The van der Waals surface area contributed by atoms with E-state index < -0.39 is 0 Å². The summed E-state index contributed by atoms with van der Waals surface area (Å²) in [6.45, 7) is 4.10. The van der Waals surface area contributed by atoms with E-state index in [-0.39, 0.29) is 18.3 Å². The number of hydrogen-bond donors (Lipinski definition) is 0. The first kappa shape index (κ1) is 14.0. The van der Waals surface area contributed by atoms with E-state index in [0.717, 1.165) is 5.57 Å². The second kappa shape index (κ2) is 7.27. The SMILES string of the molecule is C=C/C=C/C1=CO[C@H](COC)[C@H](OC)[C@@H]1OC. The molecule has 0 saturated carbocycles. The van der Waals surface area contributed by atoms with E-state index in [1.807, 2.05) is 12.2 Å². The lowest BCUT2D eigenvalue weighted by atomic mass is 9.98. The van der Waals surface area contributed by atoms with E-state index >= 15 is 0 Å². The fourth-order valence-corrected chi connectivity index (χ4v) is 1.85. The van der Waals surface area contributed by atoms with Crippen molar-refractivity contribution in [1.29, 1.82) is 0 Å². The Morgan fingerprint density at radius 1 is 1.35 bits per heavy atom. The summed E-state index contributed by atoms with van der Waals surface area (Å²) in [4.78, 5) is 0. The zero-order chi connectivity index (χ0) is 12.7. The minimum atomic E-state index is -0.186. The summed E-state index contributed by atoms with van der Waals surface area (Å²) < 4.78 is 21.6. The fraction of sp³-hybridized carbons (Fsp3) is 0.538. The van der Waals surface area contributed by atoms with Crippen molar-refractivity contribution in [3.8, 4) is 0 Å². The highest BCUT2D eigenvalue weighted by molar-refractivity contribution is 5.27. The molecule has 1 aliphatic rings. The van der Waals surface area contributed by atoms with Gasteiger partial charge in [-0.1, -0.05) is 24.8 Å². The average molecular weight is 240 g/mol. The van der Waals surface area contributed by atoms with Gasteiger partial charge in [0.1, 0.15) is 18.3 Å². The van der Waals surface area contributed by atoms with Gasteiger partial charge in [-0.2, -0.15) is 0 Å². The monoisotopic (exact) mass is 240 g/mol. The lowest BCUT2D eigenvalue weighted by Crippen LogP contribution is -2.46. The molecule has 0 saturated heterocycles. The predicted molar refractivity (Wildman–Crippen MR) is 65.8 cm³/mol. The van der Waals surface area contributed by atoms with Crippen molar-refractivity contribution >= 4 is 0 Å². The smallest absolute Gasteiger partial charge is 0.150 e. The van der Waals surface area contributed by atoms with Crippen molar-refractivity contribution in [3.63, 3.8) is 0 Å². The van der Waals surface area contributed by atoms with E-state index in [1.54, 1.807) is 33.7 Å². The molecule has 0 unspecified atom stereocenters. The van der Waals surface area contributed by atoms with Crippen LogP contribution in [0.2, 0.25) is 0 Å². The topological polar surface area (TPSA) is 36.9 Å². The summed E-state index contributed by atoms with van der Waals surface area (Å²) in [6.07, 6.45) is 6.63. The van der Waals surface area contributed by atoms with Gasteiger partial charge >= 0.3 is 0 Å². The molecule has 96 valence electrons. The summed E-state index contributed by atoms with van der Waals surface area (Å²) in [5.41, 5.74) is 0.923. The second-order valence-electron chi connectivity index (χ2n) is 3.70. The maximum Gasteiger partial charge on any atom is 0.150 e. The van der Waals surface area contributed by atoms with Crippen LogP contribution < -0.4 is 0 Å². The molecule has 0 radical (unpaired) electrons. The van der Waals surface area contributed by atoms with Crippen LogP contribution in [0, 0.1) is 0 Å². The van der Waals surface area contributed by atoms with Gasteiger partial charge in [-0.05, 0) is 0 Å². The molecule has 0 spiro atoms. The molecule has 1 heterocycles. The minimum Gasteiger partial charge on any atom is -0.492 e. The number of rotatable bonds is 6. The van der Waals surface area contributed by atoms with Gasteiger partial charge in [-0.15, -0.1) is 0 Å². The second-order valence-corrected chi connectivity index (χ2v) is 3.70. The number of ether oxygens (including phenoxy) is 4. The Morgan fingerprint density at radius 3 is 2.65 bits per heavy atom. The highest BCUT2D eigenvalue weighted by Crippen LogP contribution is 2.24. The molecule has 4 heteroatoms. The Balaban J connectivity index is 2.86. The van der Waals surface area contributed by atoms with Crippen LogP contribution in [0.1, 0.15) is 0 Å². The van der Waals surface area contributed by atoms with Crippen LogP contribution in [0.25, 0.3) is 0 Å². The Morgan fingerprint density at radius 2 is 2.12 bits per heavy atom. The van der Waals surface area contributed by atoms with Crippen LogP contribution in [0.15, 0.2) is 36.6 Å². The molecule has 0 aliphatic carbocycles. The maximum atomic E-state index is 5.59. The van der Waals surface area contributed by atoms with Gasteiger partial charge in [0.05, 0.1) is 12.9 Å². The van der Waals surface area contributed by atoms with Gasteiger partial charge in [-0.25, -0.2) is 0 Å². The average Bonchev–Trinajstić information content (AvgIpc) is 2.36. The Labute approximate surface area is 102 Å². The molecule has 1 aliphatic heterocycles. The third-order valence-corrected chi connectivity index (χ3v) is 2.65. The van der Waals surface area contributed by atoms with Crippen LogP contribution in [-0.4, -0.2) is 46.2 Å². The molecule has 0 aromatic heterocycles. The normalized spacial score (nSPS) is 28.9. The summed E-state index contributed by atoms with van der Waals surface area (Å²) >= 11 is 0. The van der Waals surface area contributed by atoms with E-state index in [2.05, 4.69) is 6.58 Å². The molecule has 0 N–H and O–H groups in total. The molecule has 0 bridgehead atoms. The molecule has 1 rings (SSSR count). The Hall–Kier alpha value is -1.10. The van der Waals surface area contributed by atoms with E-state index in [0.29, 0.717) is 6.61 Å². The molecule has 4 nitrogen and oxygen atoms in total. The minimum absolute atomic E-state index is 0.157. The largest absolute Gasteiger partial charge is 0.492 e. The molecule has 0 amide bonds. The van der Waals surface area contributed by atoms with Crippen molar-refractivity contribution in [2.45, 2.75) is 18.3 Å². The van der Waals surface area contributed by atoms with Crippen LogP contribution in [0.3, 0.4) is 0 Å². The molecular formula is C13H20O4. The maximum absolute atomic E-state index is 5.59. The quantitative estimate of drug-likeness (QED) is 0.662. The van der Waals surface area contributed by atoms with Gasteiger partial charge in [0.15, 0.2) is 0 Å². The van der Waals surface area contributed by atoms with E-state index in [9.17, 15) is 0 Å². The van der Waals surface area contributed by atoms with Crippen LogP contribution in [0.4, 0.5) is 0 Å². The van der Waals surface area contributed by atoms with Gasteiger partial charge in [0.25, 0.3) is 0 Å². The summed E-state index contributed by atoms with van der Waals surface area (Å²) in [7, 11) is 4.93. The summed E-state index contributed by atoms with van der Waals surface area (Å²) in [5, 5.41) is 0. The molecule has 0 aromatic rings. The van der Waals surface area contributed by atoms with E-state index in [1.165, 1.54) is 0 Å². The first-order chi connectivity index (χ1) is 8.28. The summed E-state index contributed by atoms with van der Waals surface area (Å²) in [5.74, 6) is 0. The molecule has 0 aromatic carbocycles. The van der Waals surface area contributed by atoms with Gasteiger partial charge in [-0.3, -0.25) is 0 Å². The summed E-state index contributed by atoms with van der Waals surface area (Å²) in [6, 6.07) is 0. The number of methoxy groups -OCH3 is 3. The predicted octanol–water partition coefficient (Wildman–Crippen LogP) is 1.69. The van der Waals surface area contributed by atoms with Crippen molar-refractivity contribution < 1.29 is 18.9 Å². The van der Waals surface area contributed by atoms with Crippen LogP contribution >= 0.6 is 0 Å². The van der Waals surface area contributed by atoms with Crippen molar-refractivity contribution in [1.82, 2.24) is 0 Å². The standard InChI is InChI=1S/C13H20O4/c1-5-6-7-10-8-17-11(9-14-2)13(16-4)12(10)15-3/h5-8,11-13H,1,9H2,2-4H3/b7-6+/t11-,12-,13+/m1/s1. The zero-order valence-corrected chi connectivity index (χ0v) is 10.6. The first-order valence-corrected chi connectivity index (χ1v) is 5.47. The van der Waals surface area contributed by atoms with Gasteiger partial charge in [0, 0.05) is 26.9 Å². The van der Waals surface area contributed by atoms with E-state index in [4.69, 9.17) is 18.9 Å². The molecular weight excluding hydrogens is 220 g/mol. The zero-order valence-electron chi connectivity index (χ0n) is 10.6. The molecule has 3 atom stereocenters. The Bertz CT molecular complexity index is 296. The highest BCUT2D eigenvalue weighted by atomic mass is 16.6. The first-order valence-electron chi connectivity index (χ1n) is 5.47. The highest BCUT2D eigenvalue weighted by Gasteiger charge is 2.36. The third-order valence-electron chi connectivity index (χ3n) is 2.65. The Kier molecular flexibility index (Phi) is 5.97. The van der Waals surface area contributed by atoms with Gasteiger partial charge < -0.3 is 18.9 Å². The molecule has 0 fully saturated rings. The molecule has 17 heavy (non-hydrogen) atoms. The fourth-order valence-electron chi connectivity index (χ4n) is 1.85. The number of hydrogen-bond acceptors (Lipinski definition) is 4. The number of allylic oxidation sites excluding steroid dienone is 2. The lowest BCUT2D eigenvalue weighted by Gasteiger charge is -2.35. The van der Waals surface area contributed by atoms with Gasteiger partial charge in [0.2, 0.25) is 0 Å². The van der Waals surface area contributed by atoms with Crippen molar-refractivity contribution in [2.24, 2.45) is 0 Å². The lowest BCUT2D eigenvalue weighted by molar-refractivity contribution is -0.117. The third kappa shape index (κ3) is 3.43.